The van der Waals surface area contributed by atoms with E-state index in [1.807, 2.05) is 26.0 Å². The van der Waals surface area contributed by atoms with Gasteiger partial charge in [0.2, 0.25) is 0 Å². The molecule has 0 radical (unpaired) electrons. The van der Waals surface area contributed by atoms with Gasteiger partial charge in [0.15, 0.2) is 0 Å². The zero-order chi connectivity index (χ0) is 22.7. The van der Waals surface area contributed by atoms with E-state index in [4.69, 9.17) is 11.6 Å². The van der Waals surface area contributed by atoms with Crippen molar-refractivity contribution in [2.45, 2.75) is 19.8 Å². The molecule has 0 unspecified atom stereocenters. The fraction of sp³-hybridized carbons (Fsp3) is 0.143. The van der Waals surface area contributed by atoms with Crippen LogP contribution in [0.25, 0.3) is 11.4 Å². The first kappa shape index (κ1) is 21.2. The van der Waals surface area contributed by atoms with Gasteiger partial charge in [-0.05, 0) is 64.9 Å². The maximum atomic E-state index is 12.8. The molecule has 32 heavy (non-hydrogen) atoms. The van der Waals surface area contributed by atoms with Crippen molar-refractivity contribution in [3.63, 3.8) is 0 Å². The number of halogens is 1. The van der Waals surface area contributed by atoms with Crippen molar-refractivity contribution in [3.8, 4) is 11.4 Å². The Kier molecular flexibility index (Phi) is 5.95. The van der Waals surface area contributed by atoms with E-state index in [0.717, 1.165) is 5.69 Å². The fourth-order valence-electron chi connectivity index (χ4n) is 3.17. The quantitative estimate of drug-likeness (QED) is 0.451. The number of carbonyl (C=O) groups is 2. The van der Waals surface area contributed by atoms with Crippen LogP contribution in [0.1, 0.15) is 46.2 Å². The summed E-state index contributed by atoms with van der Waals surface area (Å²) in [5, 5.41) is 15.9. The number of hydrazine groups is 1. The summed E-state index contributed by atoms with van der Waals surface area (Å²) in [5.41, 5.74) is 7.82. The van der Waals surface area contributed by atoms with Crippen molar-refractivity contribution in [3.05, 3.63) is 82.9 Å². The predicted octanol–water partition coefficient (Wildman–Crippen LogP) is 2.70. The number of aromatic nitrogens is 6. The van der Waals surface area contributed by atoms with Gasteiger partial charge in [0.05, 0.1) is 28.8 Å². The van der Waals surface area contributed by atoms with Gasteiger partial charge in [0.1, 0.15) is 6.33 Å². The van der Waals surface area contributed by atoms with Crippen LogP contribution in [0, 0.1) is 0 Å². The Hall–Kier alpha value is -4.05. The first-order chi connectivity index (χ1) is 15.4. The molecule has 0 aliphatic rings. The molecule has 162 valence electrons. The van der Waals surface area contributed by atoms with Crippen LogP contribution in [0.5, 0.6) is 0 Å². The summed E-state index contributed by atoms with van der Waals surface area (Å²) in [6.45, 7) is 3.93. The van der Waals surface area contributed by atoms with E-state index in [0.29, 0.717) is 27.5 Å². The van der Waals surface area contributed by atoms with E-state index < -0.39 is 11.8 Å². The average Bonchev–Trinajstić information content (AvgIpc) is 3.48. The number of benzene rings is 2. The highest BCUT2D eigenvalue weighted by Gasteiger charge is 2.21. The van der Waals surface area contributed by atoms with Gasteiger partial charge < -0.3 is 0 Å². The number of nitrogens with one attached hydrogen (secondary N) is 2. The molecule has 0 spiro atoms. The molecule has 0 bridgehead atoms. The molecule has 0 fully saturated rings. The second-order valence-electron chi connectivity index (χ2n) is 7.20. The molecule has 2 amide bonds. The van der Waals surface area contributed by atoms with Crippen molar-refractivity contribution in [2.75, 3.05) is 0 Å². The number of carbonyl (C=O) groups excluding carboxylic acids is 2. The first-order valence-electron chi connectivity index (χ1n) is 9.72. The highest BCUT2D eigenvalue weighted by atomic mass is 35.5. The van der Waals surface area contributed by atoms with E-state index in [1.54, 1.807) is 41.1 Å². The van der Waals surface area contributed by atoms with Crippen molar-refractivity contribution >= 4 is 23.4 Å². The van der Waals surface area contributed by atoms with E-state index in [9.17, 15) is 9.59 Å². The van der Waals surface area contributed by atoms with Crippen molar-refractivity contribution in [1.82, 2.24) is 40.8 Å². The zero-order valence-corrected chi connectivity index (χ0v) is 18.0. The monoisotopic (exact) mass is 450 g/mol. The van der Waals surface area contributed by atoms with Gasteiger partial charge in [-0.3, -0.25) is 20.4 Å². The minimum atomic E-state index is -0.465. The van der Waals surface area contributed by atoms with Gasteiger partial charge in [-0.2, -0.15) is 5.10 Å². The number of tetrazole rings is 1. The smallest absolute Gasteiger partial charge is 0.267 e. The van der Waals surface area contributed by atoms with E-state index in [1.165, 1.54) is 17.2 Å². The number of amides is 2. The lowest BCUT2D eigenvalue weighted by Gasteiger charge is -2.13. The van der Waals surface area contributed by atoms with Crippen LogP contribution in [-0.4, -0.2) is 41.8 Å². The molecular formula is C21H19ClN8O2. The molecule has 0 aliphatic carbocycles. The number of hydrogen-bond acceptors (Lipinski definition) is 6. The average molecular weight is 451 g/mol. The van der Waals surface area contributed by atoms with Gasteiger partial charge in [-0.1, -0.05) is 25.4 Å². The van der Waals surface area contributed by atoms with Gasteiger partial charge in [0, 0.05) is 10.6 Å². The van der Waals surface area contributed by atoms with Gasteiger partial charge >= 0.3 is 0 Å². The molecule has 11 heteroatoms. The second-order valence-corrected chi connectivity index (χ2v) is 7.63. The Labute approximate surface area is 188 Å². The molecule has 0 saturated carbocycles. The molecule has 2 aromatic heterocycles. The molecule has 0 saturated heterocycles. The van der Waals surface area contributed by atoms with E-state index >= 15 is 0 Å². The third kappa shape index (κ3) is 4.35. The third-order valence-corrected chi connectivity index (χ3v) is 4.95. The normalized spacial score (nSPS) is 10.9. The van der Waals surface area contributed by atoms with Crippen LogP contribution >= 0.6 is 11.6 Å². The fourth-order valence-corrected chi connectivity index (χ4v) is 3.30. The van der Waals surface area contributed by atoms with Crippen LogP contribution in [0.4, 0.5) is 0 Å². The number of hydrogen-bond donors (Lipinski definition) is 2. The minimum absolute atomic E-state index is 0.00319. The lowest BCUT2D eigenvalue weighted by Crippen LogP contribution is -2.41. The minimum Gasteiger partial charge on any atom is -0.267 e. The van der Waals surface area contributed by atoms with Crippen LogP contribution in [0.15, 0.2) is 61.1 Å². The Morgan fingerprint density at radius 2 is 1.59 bits per heavy atom. The van der Waals surface area contributed by atoms with Crippen LogP contribution in [0.2, 0.25) is 5.02 Å². The molecule has 0 aliphatic heterocycles. The van der Waals surface area contributed by atoms with Crippen molar-refractivity contribution < 1.29 is 9.59 Å². The predicted molar refractivity (Wildman–Crippen MR) is 117 cm³/mol. The second kappa shape index (κ2) is 8.98. The summed E-state index contributed by atoms with van der Waals surface area (Å²) in [4.78, 5) is 25.2. The maximum Gasteiger partial charge on any atom is 0.273 e. The summed E-state index contributed by atoms with van der Waals surface area (Å²) < 4.78 is 3.16. The van der Waals surface area contributed by atoms with Crippen LogP contribution < -0.4 is 10.9 Å². The van der Waals surface area contributed by atoms with Crippen molar-refractivity contribution in [2.24, 2.45) is 0 Å². The standard InChI is InChI=1S/C21H19ClN8O2/c1-13(2)19-18(11-24-30(19)17-9-5-15(22)6-10-17)21(32)26-25-20(31)14-3-7-16(8-4-14)29-12-23-27-28-29/h3-13H,1-2H3,(H,25,31)(H,26,32). The molecule has 4 aromatic rings. The van der Waals surface area contributed by atoms with Crippen molar-refractivity contribution in [1.29, 1.82) is 0 Å². The maximum absolute atomic E-state index is 12.8. The van der Waals surface area contributed by atoms with Gasteiger partial charge in [-0.25, -0.2) is 9.36 Å². The number of nitrogens with zero attached hydrogens (tertiary/aromatic N) is 6. The lowest BCUT2D eigenvalue weighted by molar-refractivity contribution is 0.0846. The molecule has 10 nitrogen and oxygen atoms in total. The molecule has 2 N–H and O–H groups in total. The molecule has 2 aromatic carbocycles. The Bertz CT molecular complexity index is 1230. The summed E-state index contributed by atoms with van der Waals surface area (Å²) in [6.07, 6.45) is 2.93. The van der Waals surface area contributed by atoms with Gasteiger partial charge in [0.25, 0.3) is 11.8 Å². The van der Waals surface area contributed by atoms with E-state index in [2.05, 4.69) is 31.5 Å². The highest BCUT2D eigenvalue weighted by molar-refractivity contribution is 6.30. The highest BCUT2D eigenvalue weighted by Crippen LogP contribution is 2.24. The Morgan fingerprint density at radius 1 is 0.938 bits per heavy atom. The van der Waals surface area contributed by atoms with Gasteiger partial charge in [-0.15, -0.1) is 5.10 Å². The summed E-state index contributed by atoms with van der Waals surface area (Å²) >= 11 is 5.97. The SMILES string of the molecule is CC(C)c1c(C(=O)NNC(=O)c2ccc(-n3cnnn3)cc2)cnn1-c1ccc(Cl)cc1. The summed E-state index contributed by atoms with van der Waals surface area (Å²) in [7, 11) is 0. The summed E-state index contributed by atoms with van der Waals surface area (Å²) in [6, 6.07) is 13.8. The molecule has 2 heterocycles. The first-order valence-corrected chi connectivity index (χ1v) is 10.1. The third-order valence-electron chi connectivity index (χ3n) is 4.70. The zero-order valence-electron chi connectivity index (χ0n) is 17.2. The van der Waals surface area contributed by atoms with Crippen LogP contribution in [0.3, 0.4) is 0 Å². The van der Waals surface area contributed by atoms with E-state index in [-0.39, 0.29) is 5.92 Å². The Balaban J connectivity index is 1.47. The largest absolute Gasteiger partial charge is 0.273 e. The topological polar surface area (TPSA) is 120 Å². The van der Waals surface area contributed by atoms with Crippen LogP contribution in [-0.2, 0) is 0 Å². The molecule has 4 rings (SSSR count). The number of rotatable bonds is 5. The summed E-state index contributed by atoms with van der Waals surface area (Å²) in [5.74, 6) is -0.922. The molecular weight excluding hydrogens is 432 g/mol. The Morgan fingerprint density at radius 3 is 2.22 bits per heavy atom. The molecule has 0 atom stereocenters. The lowest BCUT2D eigenvalue weighted by atomic mass is 10.1.